The van der Waals surface area contributed by atoms with Crippen LogP contribution in [0.2, 0.25) is 0 Å². The van der Waals surface area contributed by atoms with Crippen LogP contribution < -0.4 is 16.1 Å². The van der Waals surface area contributed by atoms with Gasteiger partial charge in [-0.15, -0.1) is 0 Å². The lowest BCUT2D eigenvalue weighted by Gasteiger charge is -2.41. The van der Waals surface area contributed by atoms with Gasteiger partial charge < -0.3 is 15.8 Å². The third-order valence-corrected chi connectivity index (χ3v) is 4.04. The van der Waals surface area contributed by atoms with Crippen molar-refractivity contribution in [3.8, 4) is 0 Å². The monoisotopic (exact) mass is 286 g/mol. The smallest absolute Gasteiger partial charge is 0.101 e. The lowest BCUT2D eigenvalue weighted by molar-refractivity contribution is -0.0124. The first kappa shape index (κ1) is 17.9. The van der Waals surface area contributed by atoms with Crippen molar-refractivity contribution in [2.45, 2.75) is 71.0 Å². The highest BCUT2D eigenvalue weighted by atomic mass is 16.5. The Morgan fingerprint density at radius 1 is 1.10 bits per heavy atom. The summed E-state index contributed by atoms with van der Waals surface area (Å²) in [5.74, 6) is 0. The van der Waals surface area contributed by atoms with Crippen LogP contribution in [0.1, 0.15) is 58.8 Å². The molecule has 5 heteroatoms. The Kier molecular flexibility index (Phi) is 10.2. The van der Waals surface area contributed by atoms with E-state index in [2.05, 4.69) is 34.9 Å². The van der Waals surface area contributed by atoms with Gasteiger partial charge in [-0.2, -0.15) is 5.48 Å². The molecule has 1 fully saturated rings. The van der Waals surface area contributed by atoms with Crippen molar-refractivity contribution in [2.75, 3.05) is 26.3 Å². The Morgan fingerprint density at radius 3 is 2.55 bits per heavy atom. The highest BCUT2D eigenvalue weighted by molar-refractivity contribution is 4.86. The average molecular weight is 286 g/mol. The fourth-order valence-electron chi connectivity index (χ4n) is 2.83. The topological polar surface area (TPSA) is 59.6 Å². The molecule has 0 aromatic heterocycles. The van der Waals surface area contributed by atoms with Gasteiger partial charge in [-0.25, -0.2) is 0 Å². The van der Waals surface area contributed by atoms with Crippen LogP contribution >= 0.6 is 0 Å². The van der Waals surface area contributed by atoms with E-state index in [1.54, 1.807) is 0 Å². The van der Waals surface area contributed by atoms with E-state index in [-0.39, 0.29) is 12.2 Å². The minimum Gasteiger partial charge on any atom is -0.315 e. The number of hydroxylamine groups is 1. The fraction of sp³-hybridized carbons (Fsp3) is 1.00. The predicted octanol–water partition coefficient (Wildman–Crippen LogP) is 1.88. The molecule has 0 bridgehead atoms. The Hall–Kier alpha value is -0.200. The second-order valence-electron chi connectivity index (χ2n) is 5.83. The van der Waals surface area contributed by atoms with Crippen LogP contribution in [0, 0.1) is 0 Å². The molecule has 4 N–H and O–H groups in total. The molecule has 5 nitrogen and oxygen atoms in total. The number of rotatable bonds is 11. The third kappa shape index (κ3) is 6.50. The summed E-state index contributed by atoms with van der Waals surface area (Å²) >= 11 is 0. The summed E-state index contributed by atoms with van der Waals surface area (Å²) in [6.45, 7) is 8.22. The lowest BCUT2D eigenvalue weighted by atomic mass is 10.1. The van der Waals surface area contributed by atoms with Crippen LogP contribution in [0.25, 0.3) is 0 Å². The SMILES string of the molecule is CCCCCCCCN1CNCC(NCCC)C1NO. The number of nitrogens with zero attached hydrogens (tertiary/aromatic N) is 1. The first-order valence-electron chi connectivity index (χ1n) is 8.41. The molecule has 2 atom stereocenters. The Morgan fingerprint density at radius 2 is 1.85 bits per heavy atom. The zero-order valence-electron chi connectivity index (χ0n) is 13.3. The van der Waals surface area contributed by atoms with Crippen LogP contribution in [0.3, 0.4) is 0 Å². The van der Waals surface area contributed by atoms with Gasteiger partial charge in [0.05, 0.1) is 6.04 Å². The zero-order valence-corrected chi connectivity index (χ0v) is 13.3. The number of nitrogens with one attached hydrogen (secondary N) is 3. The summed E-state index contributed by atoms with van der Waals surface area (Å²) < 4.78 is 0. The summed E-state index contributed by atoms with van der Waals surface area (Å²) in [4.78, 5) is 2.30. The molecule has 20 heavy (non-hydrogen) atoms. The van der Waals surface area contributed by atoms with Gasteiger partial charge in [-0.3, -0.25) is 4.90 Å². The van der Waals surface area contributed by atoms with Crippen molar-refractivity contribution in [2.24, 2.45) is 0 Å². The first-order chi connectivity index (χ1) is 9.83. The Bertz CT molecular complexity index is 228. The van der Waals surface area contributed by atoms with E-state index in [1.807, 2.05) is 0 Å². The molecule has 0 aliphatic carbocycles. The zero-order chi connectivity index (χ0) is 14.6. The van der Waals surface area contributed by atoms with Gasteiger partial charge >= 0.3 is 0 Å². The molecule has 1 saturated heterocycles. The second kappa shape index (κ2) is 11.5. The van der Waals surface area contributed by atoms with Gasteiger partial charge in [-0.1, -0.05) is 46.0 Å². The second-order valence-corrected chi connectivity index (χ2v) is 5.83. The average Bonchev–Trinajstić information content (AvgIpc) is 2.48. The molecule has 1 aliphatic rings. The molecule has 0 aromatic carbocycles. The van der Waals surface area contributed by atoms with Crippen molar-refractivity contribution < 1.29 is 5.21 Å². The third-order valence-electron chi connectivity index (χ3n) is 4.04. The molecule has 0 amide bonds. The van der Waals surface area contributed by atoms with Crippen molar-refractivity contribution in [3.05, 3.63) is 0 Å². The molecule has 0 spiro atoms. The maximum absolute atomic E-state index is 9.44. The molecular weight excluding hydrogens is 252 g/mol. The molecular formula is C15H34N4O. The first-order valence-corrected chi connectivity index (χ1v) is 8.41. The molecule has 1 rings (SSSR count). The van der Waals surface area contributed by atoms with E-state index < -0.39 is 0 Å². The van der Waals surface area contributed by atoms with Gasteiger partial charge in [0.1, 0.15) is 6.17 Å². The van der Waals surface area contributed by atoms with Gasteiger partial charge in [-0.05, 0) is 19.4 Å². The molecule has 1 aliphatic heterocycles. The number of hydrogen-bond acceptors (Lipinski definition) is 5. The summed E-state index contributed by atoms with van der Waals surface area (Å²) in [5.41, 5.74) is 2.50. The minimum absolute atomic E-state index is 0.0263. The minimum atomic E-state index is 0.0263. The van der Waals surface area contributed by atoms with E-state index in [4.69, 9.17) is 0 Å². The highest BCUT2D eigenvalue weighted by Gasteiger charge is 2.29. The van der Waals surface area contributed by atoms with E-state index >= 15 is 0 Å². The van der Waals surface area contributed by atoms with Gasteiger partial charge in [0.2, 0.25) is 0 Å². The molecule has 1 heterocycles. The van der Waals surface area contributed by atoms with E-state index in [0.717, 1.165) is 32.7 Å². The molecule has 2 unspecified atom stereocenters. The normalized spacial score (nSPS) is 24.1. The largest absolute Gasteiger partial charge is 0.315 e. The summed E-state index contributed by atoms with van der Waals surface area (Å²) in [5, 5.41) is 16.4. The highest BCUT2D eigenvalue weighted by Crippen LogP contribution is 2.10. The van der Waals surface area contributed by atoms with Gasteiger partial charge in [0.15, 0.2) is 0 Å². The van der Waals surface area contributed by atoms with Crippen LogP contribution in [0.5, 0.6) is 0 Å². The molecule has 0 radical (unpaired) electrons. The number of unbranched alkanes of at least 4 members (excludes halogenated alkanes) is 5. The summed E-state index contributed by atoms with van der Waals surface area (Å²) in [7, 11) is 0. The number of hydrogen-bond donors (Lipinski definition) is 4. The van der Waals surface area contributed by atoms with E-state index in [9.17, 15) is 5.21 Å². The van der Waals surface area contributed by atoms with Crippen LogP contribution in [0.4, 0.5) is 0 Å². The Balaban J connectivity index is 2.24. The van der Waals surface area contributed by atoms with Crippen molar-refractivity contribution in [3.63, 3.8) is 0 Å². The predicted molar refractivity (Wildman–Crippen MR) is 83.7 cm³/mol. The van der Waals surface area contributed by atoms with E-state index in [0.29, 0.717) is 0 Å². The lowest BCUT2D eigenvalue weighted by Crippen LogP contribution is -2.66. The van der Waals surface area contributed by atoms with Crippen LogP contribution in [0.15, 0.2) is 0 Å². The summed E-state index contributed by atoms with van der Waals surface area (Å²) in [6.07, 6.45) is 9.00. The summed E-state index contributed by atoms with van der Waals surface area (Å²) in [6, 6.07) is 0.272. The Labute approximate surface area is 124 Å². The molecule has 0 aromatic rings. The van der Waals surface area contributed by atoms with E-state index in [1.165, 1.54) is 38.5 Å². The van der Waals surface area contributed by atoms with Crippen LogP contribution in [-0.2, 0) is 0 Å². The molecule has 0 saturated carbocycles. The van der Waals surface area contributed by atoms with Gasteiger partial charge in [0, 0.05) is 19.8 Å². The van der Waals surface area contributed by atoms with Crippen molar-refractivity contribution >= 4 is 0 Å². The maximum atomic E-state index is 9.44. The quantitative estimate of drug-likeness (QED) is 0.345. The van der Waals surface area contributed by atoms with Crippen molar-refractivity contribution in [1.29, 1.82) is 0 Å². The van der Waals surface area contributed by atoms with Gasteiger partial charge in [0.25, 0.3) is 0 Å². The maximum Gasteiger partial charge on any atom is 0.101 e. The van der Waals surface area contributed by atoms with Crippen molar-refractivity contribution in [1.82, 2.24) is 21.0 Å². The fourth-order valence-corrected chi connectivity index (χ4v) is 2.83. The standard InChI is InChI=1S/C15H34N4O/c1-3-5-6-7-8-9-11-19-13-16-12-14(15(19)18-20)17-10-4-2/h14-18,20H,3-13H2,1-2H3. The molecule has 120 valence electrons. The van der Waals surface area contributed by atoms with Crippen LogP contribution in [-0.4, -0.2) is 48.6 Å².